The Kier molecular flexibility index (Phi) is 4.18. The van der Waals surface area contributed by atoms with Crippen LogP contribution in [0, 0.1) is 0 Å². The first-order valence-corrected chi connectivity index (χ1v) is 6.48. The van der Waals surface area contributed by atoms with E-state index in [2.05, 4.69) is 26.2 Å². The van der Waals surface area contributed by atoms with Gasteiger partial charge in [-0.2, -0.15) is 0 Å². The normalized spacial score (nSPS) is 25.4. The second-order valence-corrected chi connectivity index (χ2v) is 4.96. The van der Waals surface area contributed by atoms with E-state index in [0.29, 0.717) is 12.1 Å². The van der Waals surface area contributed by atoms with E-state index in [9.17, 15) is 0 Å². The maximum Gasteiger partial charge on any atom is 0.129 e. The smallest absolute Gasteiger partial charge is 0.129 e. The van der Waals surface area contributed by atoms with E-state index in [4.69, 9.17) is 4.74 Å². The van der Waals surface area contributed by atoms with Crippen LogP contribution in [0.1, 0.15) is 25.7 Å². The van der Waals surface area contributed by atoms with Gasteiger partial charge in [-0.05, 0) is 53.7 Å². The molecule has 1 saturated carbocycles. The van der Waals surface area contributed by atoms with E-state index in [1.807, 2.05) is 12.1 Å². The lowest BCUT2D eigenvalue weighted by Gasteiger charge is -2.29. The van der Waals surface area contributed by atoms with Crippen LogP contribution >= 0.6 is 15.9 Å². The molecule has 0 bridgehead atoms. The predicted molar refractivity (Wildman–Crippen MR) is 68.6 cm³/mol. The fraction of sp³-hybridized carbons (Fsp3) is 0.583. The lowest BCUT2D eigenvalue weighted by molar-refractivity contribution is 0.0669. The lowest BCUT2D eigenvalue weighted by Crippen LogP contribution is -2.31. The van der Waals surface area contributed by atoms with E-state index in [1.54, 1.807) is 13.3 Å². The van der Waals surface area contributed by atoms with Crippen molar-refractivity contribution in [1.29, 1.82) is 0 Å². The lowest BCUT2D eigenvalue weighted by atomic mass is 9.93. The highest BCUT2D eigenvalue weighted by molar-refractivity contribution is 9.10. The number of nitrogens with zero attached hydrogens (tertiary/aromatic N) is 1. The first-order chi connectivity index (χ1) is 7.79. The number of pyridine rings is 1. The van der Waals surface area contributed by atoms with Gasteiger partial charge in [0.2, 0.25) is 0 Å². The second-order valence-electron chi connectivity index (χ2n) is 4.21. The number of methoxy groups -OCH3 is 1. The summed E-state index contributed by atoms with van der Waals surface area (Å²) in [6, 6.07) is 4.50. The minimum atomic E-state index is 0.404. The highest BCUT2D eigenvalue weighted by Crippen LogP contribution is 2.26. The zero-order valence-corrected chi connectivity index (χ0v) is 11.0. The maximum atomic E-state index is 5.42. The average Bonchev–Trinajstić information content (AvgIpc) is 2.32. The van der Waals surface area contributed by atoms with E-state index >= 15 is 0 Å². The van der Waals surface area contributed by atoms with Crippen LogP contribution in [-0.2, 0) is 4.74 Å². The number of anilines is 1. The summed E-state index contributed by atoms with van der Waals surface area (Å²) in [6.45, 7) is 0. The van der Waals surface area contributed by atoms with Gasteiger partial charge in [-0.3, -0.25) is 0 Å². The van der Waals surface area contributed by atoms with Crippen LogP contribution in [0.4, 0.5) is 5.69 Å². The molecule has 3 nitrogen and oxygen atoms in total. The zero-order chi connectivity index (χ0) is 11.4. The van der Waals surface area contributed by atoms with E-state index in [-0.39, 0.29) is 0 Å². The van der Waals surface area contributed by atoms with Crippen molar-refractivity contribution in [2.45, 2.75) is 37.8 Å². The van der Waals surface area contributed by atoms with Crippen molar-refractivity contribution >= 4 is 21.6 Å². The molecule has 1 N–H and O–H groups in total. The first kappa shape index (κ1) is 11.9. The SMILES string of the molecule is COC1CCCC(Nc2cccnc2Br)C1. The van der Waals surface area contributed by atoms with Gasteiger partial charge in [-0.15, -0.1) is 0 Å². The van der Waals surface area contributed by atoms with Crippen LogP contribution in [0.2, 0.25) is 0 Å². The number of hydrogen-bond donors (Lipinski definition) is 1. The third kappa shape index (κ3) is 2.95. The fourth-order valence-corrected chi connectivity index (χ4v) is 2.57. The standard InChI is InChI=1S/C12H17BrN2O/c1-16-10-5-2-4-9(8-10)15-11-6-3-7-14-12(11)13/h3,6-7,9-10,15H,2,4-5,8H2,1H3. The Hall–Kier alpha value is -0.610. The molecule has 1 aliphatic rings. The van der Waals surface area contributed by atoms with Crippen molar-refractivity contribution in [3.63, 3.8) is 0 Å². The number of aromatic nitrogens is 1. The molecule has 2 atom stereocenters. The summed E-state index contributed by atoms with van der Waals surface area (Å²) in [6.07, 6.45) is 6.89. The van der Waals surface area contributed by atoms with E-state index in [1.165, 1.54) is 19.3 Å². The van der Waals surface area contributed by atoms with Crippen molar-refractivity contribution in [1.82, 2.24) is 4.98 Å². The molecule has 1 aromatic rings. The number of halogens is 1. The molecular formula is C12H17BrN2O. The number of hydrogen-bond acceptors (Lipinski definition) is 3. The minimum Gasteiger partial charge on any atom is -0.381 e. The third-order valence-corrected chi connectivity index (χ3v) is 3.71. The van der Waals surface area contributed by atoms with Gasteiger partial charge in [-0.25, -0.2) is 4.98 Å². The largest absolute Gasteiger partial charge is 0.381 e. The summed E-state index contributed by atoms with van der Waals surface area (Å²) in [5.74, 6) is 0. The molecule has 1 aromatic heterocycles. The van der Waals surface area contributed by atoms with Crippen LogP contribution in [0.15, 0.2) is 22.9 Å². The molecule has 2 unspecified atom stereocenters. The van der Waals surface area contributed by atoms with Crippen molar-refractivity contribution in [3.05, 3.63) is 22.9 Å². The zero-order valence-electron chi connectivity index (χ0n) is 9.45. The van der Waals surface area contributed by atoms with Gasteiger partial charge in [0, 0.05) is 19.3 Å². The Morgan fingerprint density at radius 3 is 3.12 bits per heavy atom. The van der Waals surface area contributed by atoms with Crippen LogP contribution < -0.4 is 5.32 Å². The van der Waals surface area contributed by atoms with Crippen molar-refractivity contribution in [3.8, 4) is 0 Å². The molecule has 0 amide bonds. The van der Waals surface area contributed by atoms with Crippen molar-refractivity contribution < 1.29 is 4.74 Å². The summed E-state index contributed by atoms with van der Waals surface area (Å²) < 4.78 is 6.31. The Bertz CT molecular complexity index is 346. The van der Waals surface area contributed by atoms with Crippen LogP contribution in [0.25, 0.3) is 0 Å². The topological polar surface area (TPSA) is 34.1 Å². The molecule has 16 heavy (non-hydrogen) atoms. The van der Waals surface area contributed by atoms with E-state index in [0.717, 1.165) is 16.7 Å². The molecule has 1 heterocycles. The van der Waals surface area contributed by atoms with Crippen molar-refractivity contribution in [2.75, 3.05) is 12.4 Å². The van der Waals surface area contributed by atoms with Gasteiger partial charge in [-0.1, -0.05) is 0 Å². The summed E-state index contributed by atoms with van der Waals surface area (Å²) >= 11 is 3.45. The van der Waals surface area contributed by atoms with Gasteiger partial charge in [0.15, 0.2) is 0 Å². The Labute approximate surface area is 105 Å². The first-order valence-electron chi connectivity index (χ1n) is 5.69. The quantitative estimate of drug-likeness (QED) is 0.866. The molecule has 2 rings (SSSR count). The summed E-state index contributed by atoms with van der Waals surface area (Å²) in [5.41, 5.74) is 1.07. The maximum absolute atomic E-state index is 5.42. The predicted octanol–water partition coefficient (Wildman–Crippen LogP) is 3.21. The fourth-order valence-electron chi connectivity index (χ4n) is 2.20. The van der Waals surface area contributed by atoms with Gasteiger partial charge >= 0.3 is 0 Å². The molecule has 0 spiro atoms. The highest BCUT2D eigenvalue weighted by atomic mass is 79.9. The minimum absolute atomic E-state index is 0.404. The van der Waals surface area contributed by atoms with Crippen LogP contribution in [-0.4, -0.2) is 24.2 Å². The molecule has 0 radical (unpaired) electrons. The molecule has 0 saturated heterocycles. The van der Waals surface area contributed by atoms with Crippen LogP contribution in [0.3, 0.4) is 0 Å². The van der Waals surface area contributed by atoms with Gasteiger partial charge in [0.05, 0.1) is 11.8 Å². The molecule has 1 fully saturated rings. The average molecular weight is 285 g/mol. The number of ether oxygens (including phenoxy) is 1. The summed E-state index contributed by atoms with van der Waals surface area (Å²) in [7, 11) is 1.80. The highest BCUT2D eigenvalue weighted by Gasteiger charge is 2.21. The van der Waals surface area contributed by atoms with Gasteiger partial charge < -0.3 is 10.1 Å². The second kappa shape index (κ2) is 5.64. The summed E-state index contributed by atoms with van der Waals surface area (Å²) in [4.78, 5) is 4.21. The Morgan fingerprint density at radius 2 is 2.38 bits per heavy atom. The molecular weight excluding hydrogens is 268 g/mol. The molecule has 1 aliphatic carbocycles. The van der Waals surface area contributed by atoms with Gasteiger partial charge in [0.1, 0.15) is 4.60 Å². The molecule has 88 valence electrons. The Morgan fingerprint density at radius 1 is 1.50 bits per heavy atom. The van der Waals surface area contributed by atoms with E-state index < -0.39 is 0 Å². The Balaban J connectivity index is 1.97. The van der Waals surface area contributed by atoms with Crippen molar-refractivity contribution in [2.24, 2.45) is 0 Å². The number of rotatable bonds is 3. The summed E-state index contributed by atoms with van der Waals surface area (Å²) in [5, 5.41) is 3.52. The third-order valence-electron chi connectivity index (χ3n) is 3.08. The molecule has 0 aliphatic heterocycles. The monoisotopic (exact) mass is 284 g/mol. The molecule has 4 heteroatoms. The number of nitrogens with one attached hydrogen (secondary N) is 1. The van der Waals surface area contributed by atoms with Gasteiger partial charge in [0.25, 0.3) is 0 Å². The van der Waals surface area contributed by atoms with Crippen LogP contribution in [0.5, 0.6) is 0 Å². The molecule has 0 aromatic carbocycles.